The molecule has 21 heavy (non-hydrogen) atoms. The number of hydrogen-bond acceptors (Lipinski definition) is 4. The summed E-state index contributed by atoms with van der Waals surface area (Å²) in [6.45, 7) is 0.711. The Balaban J connectivity index is 1.86. The SMILES string of the molecule is O=C1Nc2cc(N(CCO)C3CCCCC3)ccc2C1O. The van der Waals surface area contributed by atoms with Crippen LogP contribution in [0.1, 0.15) is 43.8 Å². The second-order valence-electron chi connectivity index (χ2n) is 5.87. The summed E-state index contributed by atoms with van der Waals surface area (Å²) >= 11 is 0. The molecule has 2 aliphatic rings. The van der Waals surface area contributed by atoms with E-state index >= 15 is 0 Å². The van der Waals surface area contributed by atoms with Gasteiger partial charge in [-0.3, -0.25) is 4.79 Å². The molecule has 3 rings (SSSR count). The number of nitrogens with one attached hydrogen (secondary N) is 1. The molecular formula is C16H22N2O3. The maximum atomic E-state index is 11.5. The van der Waals surface area contributed by atoms with E-state index in [2.05, 4.69) is 10.2 Å². The number of benzene rings is 1. The van der Waals surface area contributed by atoms with E-state index in [0.29, 0.717) is 23.8 Å². The highest BCUT2D eigenvalue weighted by molar-refractivity contribution is 6.02. The fraction of sp³-hybridized carbons (Fsp3) is 0.562. The lowest BCUT2D eigenvalue weighted by atomic mass is 9.93. The van der Waals surface area contributed by atoms with E-state index in [9.17, 15) is 15.0 Å². The highest BCUT2D eigenvalue weighted by Crippen LogP contribution is 2.35. The van der Waals surface area contributed by atoms with Crippen LogP contribution in [0.5, 0.6) is 0 Å². The summed E-state index contributed by atoms with van der Waals surface area (Å²) in [5.74, 6) is -0.367. The molecular weight excluding hydrogens is 268 g/mol. The number of hydrogen-bond donors (Lipinski definition) is 3. The third-order valence-electron chi connectivity index (χ3n) is 4.53. The van der Waals surface area contributed by atoms with Gasteiger partial charge in [0.05, 0.1) is 6.61 Å². The molecule has 1 aromatic rings. The zero-order valence-electron chi connectivity index (χ0n) is 12.1. The van der Waals surface area contributed by atoms with E-state index in [0.717, 1.165) is 18.5 Å². The highest BCUT2D eigenvalue weighted by Gasteiger charge is 2.29. The van der Waals surface area contributed by atoms with E-state index in [1.54, 1.807) is 6.07 Å². The predicted molar refractivity (Wildman–Crippen MR) is 81.3 cm³/mol. The molecule has 3 N–H and O–H groups in total. The molecule has 0 spiro atoms. The summed E-state index contributed by atoms with van der Waals surface area (Å²) in [5.41, 5.74) is 2.32. The van der Waals surface area contributed by atoms with Gasteiger partial charge in [-0.05, 0) is 25.0 Å². The Morgan fingerprint density at radius 1 is 1.24 bits per heavy atom. The van der Waals surface area contributed by atoms with Gasteiger partial charge < -0.3 is 20.4 Å². The van der Waals surface area contributed by atoms with Crippen molar-refractivity contribution in [2.45, 2.75) is 44.2 Å². The second kappa shape index (κ2) is 6.03. The van der Waals surface area contributed by atoms with Crippen molar-refractivity contribution in [3.8, 4) is 0 Å². The molecule has 1 saturated carbocycles. The number of nitrogens with zero attached hydrogens (tertiary/aromatic N) is 1. The van der Waals surface area contributed by atoms with Gasteiger partial charge in [0.15, 0.2) is 6.10 Å². The smallest absolute Gasteiger partial charge is 0.257 e. The molecule has 5 nitrogen and oxygen atoms in total. The summed E-state index contributed by atoms with van der Waals surface area (Å²) in [4.78, 5) is 13.8. The second-order valence-corrected chi connectivity index (χ2v) is 5.87. The van der Waals surface area contributed by atoms with Crippen LogP contribution in [0.4, 0.5) is 11.4 Å². The predicted octanol–water partition coefficient (Wildman–Crippen LogP) is 1.80. The molecule has 1 aliphatic carbocycles. The molecule has 1 unspecified atom stereocenters. The number of rotatable bonds is 4. The maximum Gasteiger partial charge on any atom is 0.257 e. The Bertz CT molecular complexity index is 526. The van der Waals surface area contributed by atoms with Crippen molar-refractivity contribution in [1.29, 1.82) is 0 Å². The average molecular weight is 290 g/mol. The summed E-state index contributed by atoms with van der Waals surface area (Å²) in [6, 6.07) is 6.10. The highest BCUT2D eigenvalue weighted by atomic mass is 16.3. The Morgan fingerprint density at radius 2 is 2.00 bits per heavy atom. The molecule has 0 aromatic heterocycles. The number of aliphatic hydroxyl groups is 2. The minimum Gasteiger partial charge on any atom is -0.395 e. The van der Waals surface area contributed by atoms with Gasteiger partial charge in [0.1, 0.15) is 0 Å². The Kier molecular flexibility index (Phi) is 4.12. The summed E-state index contributed by atoms with van der Waals surface area (Å²) in [7, 11) is 0. The van der Waals surface area contributed by atoms with Crippen LogP contribution in [0.25, 0.3) is 0 Å². The number of anilines is 2. The van der Waals surface area contributed by atoms with Crippen LogP contribution in [0, 0.1) is 0 Å². The van der Waals surface area contributed by atoms with E-state index in [-0.39, 0.29) is 12.5 Å². The number of fused-ring (bicyclic) bond motifs is 1. The molecule has 1 aliphatic heterocycles. The zero-order chi connectivity index (χ0) is 14.8. The van der Waals surface area contributed by atoms with E-state index in [1.165, 1.54) is 19.3 Å². The van der Waals surface area contributed by atoms with Crippen molar-refractivity contribution in [2.24, 2.45) is 0 Å². The summed E-state index contributed by atoms with van der Waals surface area (Å²) in [5, 5.41) is 21.8. The lowest BCUT2D eigenvalue weighted by Gasteiger charge is -2.36. The molecule has 1 amide bonds. The first-order valence-corrected chi connectivity index (χ1v) is 7.71. The lowest BCUT2D eigenvalue weighted by molar-refractivity contribution is -0.123. The van der Waals surface area contributed by atoms with Gasteiger partial charge in [0.2, 0.25) is 0 Å². The van der Waals surface area contributed by atoms with Crippen molar-refractivity contribution >= 4 is 17.3 Å². The van der Waals surface area contributed by atoms with Crippen LogP contribution in [-0.4, -0.2) is 35.3 Å². The Labute approximate surface area is 124 Å². The molecule has 5 heteroatoms. The fourth-order valence-electron chi connectivity index (χ4n) is 3.43. The number of aliphatic hydroxyl groups excluding tert-OH is 2. The van der Waals surface area contributed by atoms with Crippen molar-refractivity contribution in [1.82, 2.24) is 0 Å². The molecule has 0 bridgehead atoms. The van der Waals surface area contributed by atoms with Crippen molar-refractivity contribution in [3.05, 3.63) is 23.8 Å². The topological polar surface area (TPSA) is 72.8 Å². The van der Waals surface area contributed by atoms with Crippen LogP contribution in [0.3, 0.4) is 0 Å². The zero-order valence-corrected chi connectivity index (χ0v) is 12.1. The molecule has 1 fully saturated rings. The number of carbonyl (C=O) groups is 1. The van der Waals surface area contributed by atoms with Gasteiger partial charge in [-0.25, -0.2) is 0 Å². The first kappa shape index (κ1) is 14.4. The maximum absolute atomic E-state index is 11.5. The molecule has 114 valence electrons. The minimum atomic E-state index is -1.06. The Hall–Kier alpha value is -1.59. The van der Waals surface area contributed by atoms with Gasteiger partial charge in [-0.1, -0.05) is 25.3 Å². The monoisotopic (exact) mass is 290 g/mol. The van der Waals surface area contributed by atoms with Gasteiger partial charge >= 0.3 is 0 Å². The van der Waals surface area contributed by atoms with Crippen LogP contribution < -0.4 is 10.2 Å². The van der Waals surface area contributed by atoms with E-state index < -0.39 is 6.10 Å². The standard InChI is InChI=1S/C16H22N2O3/c19-9-8-18(11-4-2-1-3-5-11)12-6-7-13-14(10-12)17-16(21)15(13)20/h6-7,10-11,15,19-20H,1-5,8-9H2,(H,17,21). The summed E-state index contributed by atoms with van der Waals surface area (Å²) in [6.07, 6.45) is 4.98. The summed E-state index contributed by atoms with van der Waals surface area (Å²) < 4.78 is 0. The number of amides is 1. The van der Waals surface area contributed by atoms with Crippen LogP contribution in [0.2, 0.25) is 0 Å². The minimum absolute atomic E-state index is 0.114. The molecule has 1 aromatic carbocycles. The van der Waals surface area contributed by atoms with Gasteiger partial charge in [0.25, 0.3) is 5.91 Å². The molecule has 1 atom stereocenters. The normalized spacial score (nSPS) is 22.0. The van der Waals surface area contributed by atoms with Crippen LogP contribution in [0.15, 0.2) is 18.2 Å². The first-order chi connectivity index (χ1) is 10.2. The average Bonchev–Trinajstić information content (AvgIpc) is 2.80. The van der Waals surface area contributed by atoms with Crippen molar-refractivity contribution in [3.63, 3.8) is 0 Å². The quantitative estimate of drug-likeness (QED) is 0.790. The fourth-order valence-corrected chi connectivity index (χ4v) is 3.43. The third kappa shape index (κ3) is 2.76. The van der Waals surface area contributed by atoms with Crippen LogP contribution in [-0.2, 0) is 4.79 Å². The van der Waals surface area contributed by atoms with Gasteiger partial charge in [-0.15, -0.1) is 0 Å². The largest absolute Gasteiger partial charge is 0.395 e. The van der Waals surface area contributed by atoms with Crippen molar-refractivity contribution < 1.29 is 15.0 Å². The molecule has 0 saturated heterocycles. The third-order valence-corrected chi connectivity index (χ3v) is 4.53. The molecule has 0 radical (unpaired) electrons. The van der Waals surface area contributed by atoms with Crippen molar-refractivity contribution in [2.75, 3.05) is 23.4 Å². The first-order valence-electron chi connectivity index (χ1n) is 7.71. The number of carbonyl (C=O) groups excluding carboxylic acids is 1. The van der Waals surface area contributed by atoms with Gasteiger partial charge in [0, 0.05) is 29.5 Å². The molecule has 1 heterocycles. The van der Waals surface area contributed by atoms with Crippen LogP contribution >= 0.6 is 0 Å². The van der Waals surface area contributed by atoms with E-state index in [1.807, 2.05) is 12.1 Å². The van der Waals surface area contributed by atoms with Gasteiger partial charge in [-0.2, -0.15) is 0 Å². The lowest BCUT2D eigenvalue weighted by Crippen LogP contribution is -2.38. The Morgan fingerprint density at radius 3 is 2.71 bits per heavy atom. The van der Waals surface area contributed by atoms with E-state index in [4.69, 9.17) is 0 Å².